The minimum atomic E-state index is -4.42. The van der Waals surface area contributed by atoms with E-state index in [4.69, 9.17) is 0 Å². The summed E-state index contributed by atoms with van der Waals surface area (Å²) in [6.07, 6.45) is -1.83. The summed E-state index contributed by atoms with van der Waals surface area (Å²) < 4.78 is 40.6. The number of nitrogens with zero attached hydrogens (tertiary/aromatic N) is 4. The zero-order chi connectivity index (χ0) is 17.5. The molecule has 0 aliphatic carbocycles. The van der Waals surface area contributed by atoms with Crippen LogP contribution in [0.15, 0.2) is 29.4 Å². The van der Waals surface area contributed by atoms with Gasteiger partial charge in [0.15, 0.2) is 11.5 Å². The molecule has 24 heavy (non-hydrogen) atoms. The first kappa shape index (κ1) is 16.8. The van der Waals surface area contributed by atoms with Crippen molar-refractivity contribution in [3.8, 4) is 11.5 Å². The molecule has 3 heterocycles. The first-order valence-electron chi connectivity index (χ1n) is 7.30. The van der Waals surface area contributed by atoms with E-state index in [1.165, 1.54) is 11.8 Å². The highest BCUT2D eigenvalue weighted by Gasteiger charge is 2.32. The number of thioether (sulfide) groups is 1. The molecule has 0 spiro atoms. The number of rotatable bonds is 3. The molecular formula is C16H15F3N4S. The third kappa shape index (κ3) is 2.98. The number of hydrogen-bond donors (Lipinski definition) is 0. The number of hydrogen-bond acceptors (Lipinski definition) is 4. The maximum Gasteiger partial charge on any atom is 0.417 e. The van der Waals surface area contributed by atoms with Gasteiger partial charge in [-0.1, -0.05) is 6.92 Å². The second-order valence-corrected chi connectivity index (χ2v) is 6.66. The number of alkyl halides is 3. The van der Waals surface area contributed by atoms with Gasteiger partial charge in [-0.2, -0.15) is 13.2 Å². The average molecular weight is 352 g/mol. The molecule has 0 aliphatic heterocycles. The van der Waals surface area contributed by atoms with Crippen LogP contribution in [0.1, 0.15) is 18.1 Å². The minimum absolute atomic E-state index is 0.438. The largest absolute Gasteiger partial charge is 0.417 e. The first-order valence-corrected chi connectivity index (χ1v) is 8.29. The average Bonchev–Trinajstić information content (AvgIpc) is 2.83. The lowest BCUT2D eigenvalue weighted by molar-refractivity contribution is -0.138. The van der Waals surface area contributed by atoms with E-state index in [1.54, 1.807) is 17.8 Å². The van der Waals surface area contributed by atoms with Gasteiger partial charge in [-0.25, -0.2) is 9.97 Å². The van der Waals surface area contributed by atoms with Gasteiger partial charge < -0.3 is 4.57 Å². The quantitative estimate of drug-likeness (QED) is 0.653. The normalized spacial score (nSPS) is 12.1. The number of halogens is 3. The number of imidazole rings is 1. The lowest BCUT2D eigenvalue weighted by Crippen LogP contribution is -2.07. The van der Waals surface area contributed by atoms with Gasteiger partial charge in [0.1, 0.15) is 11.2 Å². The standard InChI is InChI=1S/C16H15F3N4S/c1-4-24-12-6-10(16(17,18)19)8-20-13(12)15-22-11-5-9(2)7-21-14(11)23(15)3/h5-8H,4H2,1-3H3. The van der Waals surface area contributed by atoms with Crippen LogP contribution >= 0.6 is 11.8 Å². The van der Waals surface area contributed by atoms with Crippen LogP contribution in [0.4, 0.5) is 13.2 Å². The fraction of sp³-hybridized carbons (Fsp3) is 0.312. The molecule has 0 aromatic carbocycles. The molecule has 3 rings (SSSR count). The minimum Gasteiger partial charge on any atom is -0.310 e. The molecule has 0 aliphatic rings. The van der Waals surface area contributed by atoms with Gasteiger partial charge in [0.05, 0.1) is 5.56 Å². The molecule has 0 bridgehead atoms. The third-order valence-electron chi connectivity index (χ3n) is 3.54. The highest BCUT2D eigenvalue weighted by molar-refractivity contribution is 7.99. The Labute approximate surface area is 141 Å². The van der Waals surface area contributed by atoms with Gasteiger partial charge in [0, 0.05) is 24.3 Å². The van der Waals surface area contributed by atoms with Gasteiger partial charge in [-0.3, -0.25) is 4.98 Å². The summed E-state index contributed by atoms with van der Waals surface area (Å²) in [4.78, 5) is 13.4. The van der Waals surface area contributed by atoms with Gasteiger partial charge in [-0.15, -0.1) is 11.8 Å². The molecule has 126 valence electrons. The Morgan fingerprint density at radius 2 is 1.92 bits per heavy atom. The van der Waals surface area contributed by atoms with E-state index >= 15 is 0 Å². The van der Waals surface area contributed by atoms with E-state index < -0.39 is 11.7 Å². The molecule has 8 heteroatoms. The van der Waals surface area contributed by atoms with Crippen molar-refractivity contribution in [3.05, 3.63) is 35.7 Å². The number of pyridine rings is 2. The second-order valence-electron chi connectivity index (χ2n) is 5.35. The van der Waals surface area contributed by atoms with Crippen LogP contribution in [0.2, 0.25) is 0 Å². The van der Waals surface area contributed by atoms with E-state index in [9.17, 15) is 13.2 Å². The van der Waals surface area contributed by atoms with Crippen molar-refractivity contribution in [3.63, 3.8) is 0 Å². The van der Waals surface area contributed by atoms with Gasteiger partial charge in [0.2, 0.25) is 0 Å². The molecule has 0 unspecified atom stereocenters. The summed E-state index contributed by atoms with van der Waals surface area (Å²) in [5.74, 6) is 1.14. The molecule has 0 amide bonds. The smallest absolute Gasteiger partial charge is 0.310 e. The fourth-order valence-corrected chi connectivity index (χ4v) is 3.22. The Morgan fingerprint density at radius 3 is 2.58 bits per heavy atom. The highest BCUT2D eigenvalue weighted by atomic mass is 32.2. The summed E-state index contributed by atoms with van der Waals surface area (Å²) in [5.41, 5.74) is 2.02. The number of aromatic nitrogens is 4. The monoisotopic (exact) mass is 352 g/mol. The van der Waals surface area contributed by atoms with E-state index in [0.717, 1.165) is 17.8 Å². The highest BCUT2D eigenvalue weighted by Crippen LogP contribution is 2.36. The molecule has 4 nitrogen and oxygen atoms in total. The van der Waals surface area contributed by atoms with Crippen LogP contribution in [-0.4, -0.2) is 25.3 Å². The zero-order valence-corrected chi connectivity index (χ0v) is 14.2. The SMILES string of the molecule is CCSc1cc(C(F)(F)F)cnc1-c1nc2cc(C)cnc2n1C. The molecule has 0 atom stereocenters. The van der Waals surface area contributed by atoms with Crippen molar-refractivity contribution >= 4 is 22.9 Å². The Morgan fingerprint density at radius 1 is 1.17 bits per heavy atom. The van der Waals surface area contributed by atoms with Crippen molar-refractivity contribution in [2.75, 3.05) is 5.75 Å². The molecule has 0 fully saturated rings. The van der Waals surface area contributed by atoms with Gasteiger partial charge >= 0.3 is 6.18 Å². The summed E-state index contributed by atoms with van der Waals surface area (Å²) in [6.45, 7) is 3.80. The van der Waals surface area contributed by atoms with Gasteiger partial charge in [0.25, 0.3) is 0 Å². The summed E-state index contributed by atoms with van der Waals surface area (Å²) in [7, 11) is 1.78. The van der Waals surface area contributed by atoms with Crippen molar-refractivity contribution in [1.29, 1.82) is 0 Å². The Hall–Kier alpha value is -2.09. The molecule has 0 saturated heterocycles. The summed E-state index contributed by atoms with van der Waals surface area (Å²) in [6, 6.07) is 3.02. The Balaban J connectivity index is 2.20. The maximum atomic E-state index is 13.0. The zero-order valence-electron chi connectivity index (χ0n) is 13.3. The summed E-state index contributed by atoms with van der Waals surface area (Å²) in [5, 5.41) is 0. The second kappa shape index (κ2) is 6.08. The van der Waals surface area contributed by atoms with Crippen LogP contribution in [0.5, 0.6) is 0 Å². The van der Waals surface area contributed by atoms with Crippen molar-refractivity contribution < 1.29 is 13.2 Å². The van der Waals surface area contributed by atoms with Crippen LogP contribution in [0.25, 0.3) is 22.7 Å². The van der Waals surface area contributed by atoms with E-state index in [2.05, 4.69) is 15.0 Å². The number of aryl methyl sites for hydroxylation is 2. The van der Waals surface area contributed by atoms with Crippen LogP contribution in [0.3, 0.4) is 0 Å². The fourth-order valence-electron chi connectivity index (χ4n) is 2.42. The molecule has 0 saturated carbocycles. The maximum absolute atomic E-state index is 13.0. The lowest BCUT2D eigenvalue weighted by atomic mass is 10.2. The Bertz CT molecular complexity index is 902. The molecular weight excluding hydrogens is 337 g/mol. The van der Waals surface area contributed by atoms with E-state index in [0.29, 0.717) is 33.3 Å². The predicted molar refractivity (Wildman–Crippen MR) is 87.9 cm³/mol. The molecule has 0 N–H and O–H groups in total. The molecule has 0 radical (unpaired) electrons. The van der Waals surface area contributed by atoms with Crippen molar-refractivity contribution in [1.82, 2.24) is 19.5 Å². The van der Waals surface area contributed by atoms with Crippen molar-refractivity contribution in [2.45, 2.75) is 24.9 Å². The van der Waals surface area contributed by atoms with Crippen LogP contribution in [0, 0.1) is 6.92 Å². The lowest BCUT2D eigenvalue weighted by Gasteiger charge is -2.11. The van der Waals surface area contributed by atoms with Crippen LogP contribution in [-0.2, 0) is 13.2 Å². The molecule has 3 aromatic rings. The van der Waals surface area contributed by atoms with Gasteiger partial charge in [-0.05, 0) is 30.4 Å². The number of fused-ring (bicyclic) bond motifs is 1. The Kier molecular flexibility index (Phi) is 4.25. The summed E-state index contributed by atoms with van der Waals surface area (Å²) >= 11 is 1.31. The van der Waals surface area contributed by atoms with Crippen LogP contribution < -0.4 is 0 Å². The topological polar surface area (TPSA) is 43.6 Å². The third-order valence-corrected chi connectivity index (χ3v) is 4.45. The first-order chi connectivity index (χ1) is 11.3. The van der Waals surface area contributed by atoms with E-state index in [-0.39, 0.29) is 0 Å². The van der Waals surface area contributed by atoms with Crippen molar-refractivity contribution in [2.24, 2.45) is 7.05 Å². The predicted octanol–water partition coefficient (Wildman–Crippen LogP) is 4.47. The van der Waals surface area contributed by atoms with E-state index in [1.807, 2.05) is 19.9 Å². The molecule has 3 aromatic heterocycles.